The molecule has 2 aromatic heterocycles. The molecule has 0 saturated heterocycles. The predicted octanol–water partition coefficient (Wildman–Crippen LogP) is 4.28. The van der Waals surface area contributed by atoms with Gasteiger partial charge in [0, 0.05) is 0 Å². The number of phenols is 1. The average Bonchev–Trinajstić information content (AvgIpc) is 3.00. The number of aromatic hydroxyl groups is 1. The van der Waals surface area contributed by atoms with Gasteiger partial charge in [0.25, 0.3) is 0 Å². The lowest BCUT2D eigenvalue weighted by molar-refractivity contribution is 0.476. The highest BCUT2D eigenvalue weighted by atomic mass is 32.1. The zero-order chi connectivity index (χ0) is 12.8. The SMILES string of the molecule is Oc1ccc2nc(-c3nc4ccccc4s3)sc2c1. The molecule has 0 amide bonds. The third-order valence-electron chi connectivity index (χ3n) is 2.85. The van der Waals surface area contributed by atoms with Crippen LogP contribution in [0.15, 0.2) is 42.5 Å². The Labute approximate surface area is 116 Å². The van der Waals surface area contributed by atoms with Crippen LogP contribution in [0, 0.1) is 0 Å². The molecule has 92 valence electrons. The summed E-state index contributed by atoms with van der Waals surface area (Å²) in [6.07, 6.45) is 0. The Kier molecular flexibility index (Phi) is 2.30. The van der Waals surface area contributed by atoms with Crippen molar-refractivity contribution in [1.29, 1.82) is 0 Å². The summed E-state index contributed by atoms with van der Waals surface area (Å²) in [5.41, 5.74) is 1.90. The van der Waals surface area contributed by atoms with Crippen molar-refractivity contribution in [2.75, 3.05) is 0 Å². The number of benzene rings is 2. The van der Waals surface area contributed by atoms with Crippen molar-refractivity contribution in [2.24, 2.45) is 0 Å². The number of aromatic nitrogens is 2. The maximum atomic E-state index is 9.49. The first-order valence-corrected chi connectivity index (χ1v) is 7.38. The van der Waals surface area contributed by atoms with E-state index in [0.717, 1.165) is 25.7 Å². The fourth-order valence-corrected chi connectivity index (χ4v) is 3.95. The second-order valence-corrected chi connectivity index (χ2v) is 6.22. The quantitative estimate of drug-likeness (QED) is 0.567. The molecule has 0 spiro atoms. The molecule has 0 atom stereocenters. The van der Waals surface area contributed by atoms with Crippen molar-refractivity contribution in [3.8, 4) is 15.8 Å². The minimum absolute atomic E-state index is 0.270. The van der Waals surface area contributed by atoms with E-state index in [0.29, 0.717) is 0 Å². The van der Waals surface area contributed by atoms with Crippen molar-refractivity contribution >= 4 is 43.1 Å². The van der Waals surface area contributed by atoms with Gasteiger partial charge in [0.05, 0.1) is 20.4 Å². The fraction of sp³-hybridized carbons (Fsp3) is 0. The van der Waals surface area contributed by atoms with Gasteiger partial charge in [-0.05, 0) is 30.3 Å². The monoisotopic (exact) mass is 284 g/mol. The Morgan fingerprint density at radius 1 is 0.789 bits per heavy atom. The highest BCUT2D eigenvalue weighted by Crippen LogP contribution is 2.35. The third-order valence-corrected chi connectivity index (χ3v) is 5.05. The van der Waals surface area contributed by atoms with Gasteiger partial charge in [-0.3, -0.25) is 0 Å². The van der Waals surface area contributed by atoms with Gasteiger partial charge >= 0.3 is 0 Å². The topological polar surface area (TPSA) is 46.0 Å². The molecule has 5 heteroatoms. The van der Waals surface area contributed by atoms with Gasteiger partial charge in [-0.15, -0.1) is 22.7 Å². The Hall–Kier alpha value is -1.98. The largest absolute Gasteiger partial charge is 0.508 e. The molecular formula is C14H8N2OS2. The minimum atomic E-state index is 0.270. The van der Waals surface area contributed by atoms with Crippen LogP contribution in [-0.4, -0.2) is 15.1 Å². The van der Waals surface area contributed by atoms with Crippen molar-refractivity contribution in [2.45, 2.75) is 0 Å². The molecule has 2 aromatic carbocycles. The van der Waals surface area contributed by atoms with Gasteiger partial charge in [-0.1, -0.05) is 12.1 Å². The molecular weight excluding hydrogens is 276 g/mol. The lowest BCUT2D eigenvalue weighted by atomic mass is 10.3. The van der Waals surface area contributed by atoms with Crippen LogP contribution < -0.4 is 0 Å². The summed E-state index contributed by atoms with van der Waals surface area (Å²) in [5.74, 6) is 0.270. The normalized spacial score (nSPS) is 11.4. The first kappa shape index (κ1) is 10.9. The van der Waals surface area contributed by atoms with Gasteiger partial charge in [-0.25, -0.2) is 9.97 Å². The van der Waals surface area contributed by atoms with Crippen LogP contribution in [0.3, 0.4) is 0 Å². The zero-order valence-electron chi connectivity index (χ0n) is 9.70. The summed E-state index contributed by atoms with van der Waals surface area (Å²) in [7, 11) is 0. The van der Waals surface area contributed by atoms with E-state index in [4.69, 9.17) is 0 Å². The summed E-state index contributed by atoms with van der Waals surface area (Å²) in [5, 5.41) is 11.3. The van der Waals surface area contributed by atoms with Gasteiger partial charge in [0.15, 0.2) is 10.0 Å². The summed E-state index contributed by atoms with van der Waals surface area (Å²) in [4.78, 5) is 9.18. The summed E-state index contributed by atoms with van der Waals surface area (Å²) in [6, 6.07) is 13.3. The average molecular weight is 284 g/mol. The van der Waals surface area contributed by atoms with Crippen LogP contribution in [0.5, 0.6) is 5.75 Å². The zero-order valence-corrected chi connectivity index (χ0v) is 11.3. The van der Waals surface area contributed by atoms with Gasteiger partial charge in [-0.2, -0.15) is 0 Å². The van der Waals surface area contributed by atoms with E-state index in [1.54, 1.807) is 34.8 Å². The molecule has 0 saturated carbocycles. The van der Waals surface area contributed by atoms with E-state index in [-0.39, 0.29) is 5.75 Å². The predicted molar refractivity (Wildman–Crippen MR) is 79.9 cm³/mol. The van der Waals surface area contributed by atoms with E-state index >= 15 is 0 Å². The summed E-state index contributed by atoms with van der Waals surface area (Å²) >= 11 is 3.20. The molecule has 4 rings (SSSR count). The molecule has 0 unspecified atom stereocenters. The lowest BCUT2D eigenvalue weighted by Crippen LogP contribution is -1.72. The molecule has 0 aliphatic rings. The van der Waals surface area contributed by atoms with Crippen LogP contribution in [-0.2, 0) is 0 Å². The number of nitrogens with zero attached hydrogens (tertiary/aromatic N) is 2. The number of fused-ring (bicyclic) bond motifs is 2. The first-order chi connectivity index (χ1) is 9.29. The van der Waals surface area contributed by atoms with Gasteiger partial charge in [0.2, 0.25) is 0 Å². The third kappa shape index (κ3) is 1.78. The molecule has 0 aliphatic carbocycles. The number of thiazole rings is 2. The Morgan fingerprint density at radius 2 is 1.47 bits per heavy atom. The standard InChI is InChI=1S/C14H8N2OS2/c17-8-5-6-10-12(7-8)19-14(16-10)13-15-9-3-1-2-4-11(9)18-13/h1-7,17H. The lowest BCUT2D eigenvalue weighted by Gasteiger charge is -1.87. The molecule has 4 aromatic rings. The van der Waals surface area contributed by atoms with Crippen molar-refractivity contribution in [1.82, 2.24) is 9.97 Å². The van der Waals surface area contributed by atoms with Crippen LogP contribution >= 0.6 is 22.7 Å². The summed E-state index contributed by atoms with van der Waals surface area (Å²) < 4.78 is 2.15. The fourth-order valence-electron chi connectivity index (χ4n) is 1.97. The van der Waals surface area contributed by atoms with Crippen molar-refractivity contribution in [3.05, 3.63) is 42.5 Å². The van der Waals surface area contributed by atoms with Gasteiger partial charge < -0.3 is 5.11 Å². The number of hydrogen-bond donors (Lipinski definition) is 1. The van der Waals surface area contributed by atoms with Crippen LogP contribution in [0.25, 0.3) is 30.4 Å². The van der Waals surface area contributed by atoms with E-state index in [9.17, 15) is 5.11 Å². The van der Waals surface area contributed by atoms with E-state index in [1.165, 1.54) is 4.70 Å². The van der Waals surface area contributed by atoms with E-state index < -0.39 is 0 Å². The maximum Gasteiger partial charge on any atom is 0.153 e. The molecule has 0 fully saturated rings. The molecule has 3 nitrogen and oxygen atoms in total. The number of hydrogen-bond acceptors (Lipinski definition) is 5. The molecule has 0 bridgehead atoms. The van der Waals surface area contributed by atoms with Crippen LogP contribution in [0.2, 0.25) is 0 Å². The van der Waals surface area contributed by atoms with Crippen LogP contribution in [0.1, 0.15) is 0 Å². The Morgan fingerprint density at radius 3 is 2.26 bits per heavy atom. The number of rotatable bonds is 1. The second-order valence-electron chi connectivity index (χ2n) is 4.16. The summed E-state index contributed by atoms with van der Waals surface area (Å²) in [6.45, 7) is 0. The molecule has 19 heavy (non-hydrogen) atoms. The van der Waals surface area contributed by atoms with Crippen molar-refractivity contribution < 1.29 is 5.11 Å². The second kappa shape index (κ2) is 4.01. The van der Waals surface area contributed by atoms with E-state index in [1.807, 2.05) is 24.3 Å². The molecule has 1 N–H and O–H groups in total. The maximum absolute atomic E-state index is 9.49. The number of para-hydroxylation sites is 1. The first-order valence-electron chi connectivity index (χ1n) is 5.75. The molecule has 0 aliphatic heterocycles. The van der Waals surface area contributed by atoms with Crippen LogP contribution in [0.4, 0.5) is 0 Å². The minimum Gasteiger partial charge on any atom is -0.508 e. The smallest absolute Gasteiger partial charge is 0.153 e. The highest BCUT2D eigenvalue weighted by Gasteiger charge is 2.11. The van der Waals surface area contributed by atoms with Crippen molar-refractivity contribution in [3.63, 3.8) is 0 Å². The number of phenolic OH excluding ortho intramolecular Hbond substituents is 1. The van der Waals surface area contributed by atoms with E-state index in [2.05, 4.69) is 16.0 Å². The molecule has 0 radical (unpaired) electrons. The highest BCUT2D eigenvalue weighted by molar-refractivity contribution is 7.27. The molecule has 2 heterocycles. The Balaban J connectivity index is 1.93. The Bertz CT molecular complexity index is 862. The van der Waals surface area contributed by atoms with Gasteiger partial charge in [0.1, 0.15) is 5.75 Å².